The van der Waals surface area contributed by atoms with Crippen molar-refractivity contribution in [1.29, 1.82) is 0 Å². The molecule has 26 heavy (non-hydrogen) atoms. The van der Waals surface area contributed by atoms with Crippen LogP contribution in [0.1, 0.15) is 51.5 Å². The van der Waals surface area contributed by atoms with Crippen molar-refractivity contribution >= 4 is 18.0 Å². The molecular formula is C21H24FNO3. The number of esters is 1. The van der Waals surface area contributed by atoms with E-state index < -0.39 is 5.97 Å². The molecule has 0 N–H and O–H groups in total. The summed E-state index contributed by atoms with van der Waals surface area (Å²) in [6, 6.07) is 5.99. The van der Waals surface area contributed by atoms with E-state index in [4.69, 9.17) is 4.74 Å². The van der Waals surface area contributed by atoms with E-state index in [1.807, 2.05) is 6.92 Å². The standard InChI is InChI=1S/C21H24FNO3/c1-3-26-21(25)19-14(2)23(17-7-5-4-6-8-17)20(24)18(19)13-15-9-11-16(22)12-10-15/h9-13,17H,3-8H2,1-2H3/b18-13-. The number of allylic oxidation sites excluding steroid dienone is 1. The van der Waals surface area contributed by atoms with Gasteiger partial charge in [-0.15, -0.1) is 0 Å². The molecule has 1 aliphatic carbocycles. The monoisotopic (exact) mass is 357 g/mol. The fourth-order valence-corrected chi connectivity index (χ4v) is 3.80. The summed E-state index contributed by atoms with van der Waals surface area (Å²) in [7, 11) is 0. The molecule has 1 fully saturated rings. The topological polar surface area (TPSA) is 46.6 Å². The van der Waals surface area contributed by atoms with Crippen molar-refractivity contribution in [3.05, 3.63) is 52.5 Å². The highest BCUT2D eigenvalue weighted by molar-refractivity contribution is 6.16. The van der Waals surface area contributed by atoms with Crippen molar-refractivity contribution in [2.45, 2.75) is 52.0 Å². The molecule has 1 amide bonds. The molecule has 3 rings (SSSR count). The third-order valence-electron chi connectivity index (χ3n) is 5.04. The molecule has 0 spiro atoms. The summed E-state index contributed by atoms with van der Waals surface area (Å²) in [6.45, 7) is 3.80. The Labute approximate surface area is 153 Å². The lowest BCUT2D eigenvalue weighted by molar-refractivity contribution is -0.138. The number of carbonyl (C=O) groups is 2. The minimum Gasteiger partial charge on any atom is -0.462 e. The van der Waals surface area contributed by atoms with E-state index in [1.54, 1.807) is 30.0 Å². The minimum absolute atomic E-state index is 0.125. The van der Waals surface area contributed by atoms with Crippen LogP contribution in [0.3, 0.4) is 0 Å². The minimum atomic E-state index is -0.481. The van der Waals surface area contributed by atoms with Gasteiger partial charge in [-0.1, -0.05) is 31.4 Å². The molecule has 1 aromatic rings. The summed E-state index contributed by atoms with van der Waals surface area (Å²) in [5.74, 6) is -0.988. The maximum absolute atomic E-state index is 13.2. The Kier molecular flexibility index (Phi) is 5.55. The molecule has 0 aromatic heterocycles. The summed E-state index contributed by atoms with van der Waals surface area (Å²) in [5, 5.41) is 0. The summed E-state index contributed by atoms with van der Waals surface area (Å²) in [4.78, 5) is 27.4. The number of carbonyl (C=O) groups excluding carboxylic acids is 2. The van der Waals surface area contributed by atoms with Crippen molar-refractivity contribution in [3.8, 4) is 0 Å². The average Bonchev–Trinajstić information content (AvgIpc) is 2.88. The molecule has 138 valence electrons. The molecule has 0 radical (unpaired) electrons. The highest BCUT2D eigenvalue weighted by atomic mass is 19.1. The van der Waals surface area contributed by atoms with Gasteiger partial charge in [0.05, 0.1) is 17.8 Å². The fraction of sp³-hybridized carbons (Fsp3) is 0.429. The number of halogens is 1. The van der Waals surface area contributed by atoms with Gasteiger partial charge in [-0.25, -0.2) is 9.18 Å². The van der Waals surface area contributed by atoms with Gasteiger partial charge in [-0.05, 0) is 50.5 Å². The summed E-state index contributed by atoms with van der Waals surface area (Å²) in [5.41, 5.74) is 1.99. The van der Waals surface area contributed by atoms with Crippen molar-refractivity contribution in [2.75, 3.05) is 6.61 Å². The van der Waals surface area contributed by atoms with E-state index in [9.17, 15) is 14.0 Å². The first-order chi connectivity index (χ1) is 12.5. The predicted octanol–water partition coefficient (Wildman–Crippen LogP) is 4.22. The SMILES string of the molecule is CCOC(=O)C1=C(C)N(C2CCCCC2)C(=O)/C1=C\c1ccc(F)cc1. The van der Waals surface area contributed by atoms with Gasteiger partial charge >= 0.3 is 5.97 Å². The van der Waals surface area contributed by atoms with Gasteiger partial charge in [0, 0.05) is 11.7 Å². The molecule has 5 heteroatoms. The fourth-order valence-electron chi connectivity index (χ4n) is 3.80. The summed E-state index contributed by atoms with van der Waals surface area (Å²) < 4.78 is 18.4. The normalized spacial score (nSPS) is 20.2. The molecule has 1 saturated carbocycles. The Morgan fingerprint density at radius 2 is 1.88 bits per heavy atom. The van der Waals surface area contributed by atoms with Crippen molar-refractivity contribution in [3.63, 3.8) is 0 Å². The number of nitrogens with zero attached hydrogens (tertiary/aromatic N) is 1. The van der Waals surface area contributed by atoms with E-state index in [1.165, 1.54) is 18.6 Å². The third kappa shape index (κ3) is 3.57. The first kappa shape index (κ1) is 18.4. The van der Waals surface area contributed by atoms with Gasteiger partial charge in [-0.2, -0.15) is 0 Å². The van der Waals surface area contributed by atoms with Gasteiger partial charge in [0.15, 0.2) is 0 Å². The molecule has 1 aliphatic heterocycles. The largest absolute Gasteiger partial charge is 0.462 e. The number of hydrogen-bond donors (Lipinski definition) is 0. The van der Waals surface area contributed by atoms with Crippen LogP contribution < -0.4 is 0 Å². The zero-order valence-corrected chi connectivity index (χ0v) is 15.3. The number of amides is 1. The number of rotatable bonds is 4. The highest BCUT2D eigenvalue weighted by Gasteiger charge is 2.40. The van der Waals surface area contributed by atoms with E-state index >= 15 is 0 Å². The van der Waals surface area contributed by atoms with Gasteiger partial charge in [0.2, 0.25) is 0 Å². The van der Waals surface area contributed by atoms with Crippen molar-refractivity contribution in [1.82, 2.24) is 4.90 Å². The second-order valence-electron chi connectivity index (χ2n) is 6.76. The summed E-state index contributed by atoms with van der Waals surface area (Å²) >= 11 is 0. The van der Waals surface area contributed by atoms with Gasteiger partial charge in [-0.3, -0.25) is 4.79 Å². The molecule has 0 bridgehead atoms. The van der Waals surface area contributed by atoms with Crippen molar-refractivity contribution in [2.24, 2.45) is 0 Å². The van der Waals surface area contributed by atoms with Crippen LogP contribution in [0.5, 0.6) is 0 Å². The van der Waals surface area contributed by atoms with Crippen LogP contribution >= 0.6 is 0 Å². The molecule has 0 saturated heterocycles. The first-order valence-electron chi connectivity index (χ1n) is 9.22. The highest BCUT2D eigenvalue weighted by Crippen LogP contribution is 2.36. The van der Waals surface area contributed by atoms with E-state index in [-0.39, 0.29) is 24.4 Å². The van der Waals surface area contributed by atoms with Crippen LogP contribution in [0.15, 0.2) is 41.1 Å². The maximum Gasteiger partial charge on any atom is 0.340 e. The number of benzene rings is 1. The van der Waals surface area contributed by atoms with E-state index in [0.29, 0.717) is 22.4 Å². The molecule has 2 aliphatic rings. The third-order valence-corrected chi connectivity index (χ3v) is 5.04. The van der Waals surface area contributed by atoms with Crippen LogP contribution in [0.2, 0.25) is 0 Å². The zero-order valence-electron chi connectivity index (χ0n) is 15.3. The lowest BCUT2D eigenvalue weighted by Gasteiger charge is -2.32. The lowest BCUT2D eigenvalue weighted by atomic mass is 9.94. The number of hydrogen-bond acceptors (Lipinski definition) is 3. The van der Waals surface area contributed by atoms with E-state index in [0.717, 1.165) is 25.7 Å². The molecule has 0 unspecified atom stereocenters. The molecular weight excluding hydrogens is 333 g/mol. The molecule has 0 atom stereocenters. The Morgan fingerprint density at radius 3 is 2.50 bits per heavy atom. The second-order valence-corrected chi connectivity index (χ2v) is 6.76. The Balaban J connectivity index is 2.02. The van der Waals surface area contributed by atoms with E-state index in [2.05, 4.69) is 0 Å². The lowest BCUT2D eigenvalue weighted by Crippen LogP contribution is -2.37. The van der Waals surface area contributed by atoms with Gasteiger partial charge in [0.25, 0.3) is 5.91 Å². The predicted molar refractivity (Wildman–Crippen MR) is 97.4 cm³/mol. The Bertz CT molecular complexity index is 758. The molecule has 1 aromatic carbocycles. The summed E-state index contributed by atoms with van der Waals surface area (Å²) in [6.07, 6.45) is 6.91. The Hall–Kier alpha value is -2.43. The average molecular weight is 357 g/mol. The zero-order chi connectivity index (χ0) is 18.7. The van der Waals surface area contributed by atoms with Crippen LogP contribution in [-0.2, 0) is 14.3 Å². The first-order valence-corrected chi connectivity index (χ1v) is 9.22. The van der Waals surface area contributed by atoms with Gasteiger partial charge in [0.1, 0.15) is 5.82 Å². The molecule has 4 nitrogen and oxygen atoms in total. The number of ether oxygens (including phenoxy) is 1. The van der Waals surface area contributed by atoms with Crippen LogP contribution in [0.25, 0.3) is 6.08 Å². The van der Waals surface area contributed by atoms with Crippen LogP contribution in [0, 0.1) is 5.82 Å². The van der Waals surface area contributed by atoms with Crippen LogP contribution in [0.4, 0.5) is 4.39 Å². The van der Waals surface area contributed by atoms with Crippen molar-refractivity contribution < 1.29 is 18.7 Å². The second kappa shape index (κ2) is 7.85. The molecule has 1 heterocycles. The van der Waals surface area contributed by atoms with Gasteiger partial charge < -0.3 is 9.64 Å². The quantitative estimate of drug-likeness (QED) is 0.599. The maximum atomic E-state index is 13.2. The Morgan fingerprint density at radius 1 is 1.23 bits per heavy atom. The van der Waals surface area contributed by atoms with Crippen LogP contribution in [-0.4, -0.2) is 29.4 Å². The smallest absolute Gasteiger partial charge is 0.340 e.